The normalized spacial score (nSPS) is 12.4. The predicted molar refractivity (Wildman–Crippen MR) is 164 cm³/mol. The van der Waals surface area contributed by atoms with Gasteiger partial charge in [0.15, 0.2) is 0 Å². The summed E-state index contributed by atoms with van der Waals surface area (Å²) in [6.45, 7) is 3.38. The van der Waals surface area contributed by atoms with Gasteiger partial charge in [-0.3, -0.25) is 4.68 Å². The van der Waals surface area contributed by atoms with Crippen LogP contribution in [0.15, 0.2) is 66.4 Å². The van der Waals surface area contributed by atoms with Gasteiger partial charge in [0.2, 0.25) is 0 Å². The number of hydrogen-bond donors (Lipinski definition) is 1. The molecule has 1 aliphatic heterocycles. The summed E-state index contributed by atoms with van der Waals surface area (Å²) in [4.78, 5) is 12.6. The molecule has 43 heavy (non-hydrogen) atoms. The lowest BCUT2D eigenvalue weighted by Crippen LogP contribution is -2.06. The molecule has 0 atom stereocenters. The number of rotatable bonds is 13. The van der Waals surface area contributed by atoms with E-state index in [4.69, 9.17) is 23.7 Å². The Balaban J connectivity index is 1.59. The number of carboxylic acids is 1. The summed E-state index contributed by atoms with van der Waals surface area (Å²) >= 11 is 0. The summed E-state index contributed by atoms with van der Waals surface area (Å²) in [6.07, 6.45) is 6.22. The fourth-order valence-corrected chi connectivity index (χ4v) is 5.11. The van der Waals surface area contributed by atoms with Gasteiger partial charge >= 0.3 is 5.97 Å². The smallest absolute Gasteiger partial charge is 0.331 e. The maximum absolute atomic E-state index is 12.6. The number of methoxy groups -OCH3 is 3. The molecule has 224 valence electrons. The van der Waals surface area contributed by atoms with Crippen molar-refractivity contribution in [1.29, 1.82) is 0 Å². The molecule has 0 aliphatic carbocycles. The van der Waals surface area contributed by atoms with Crippen LogP contribution in [-0.4, -0.2) is 48.8 Å². The molecule has 5 rings (SSSR count). The van der Waals surface area contributed by atoms with Crippen molar-refractivity contribution in [1.82, 2.24) is 9.78 Å². The van der Waals surface area contributed by atoms with Crippen molar-refractivity contribution in [2.45, 2.75) is 39.2 Å². The molecule has 9 nitrogen and oxygen atoms in total. The van der Waals surface area contributed by atoms with Gasteiger partial charge in [0.05, 0.1) is 39.8 Å². The van der Waals surface area contributed by atoms with Gasteiger partial charge in [-0.15, -0.1) is 0 Å². The minimum atomic E-state index is -1.03. The summed E-state index contributed by atoms with van der Waals surface area (Å²) in [5.41, 5.74) is 4.16. The molecule has 2 heterocycles. The molecule has 0 bridgehead atoms. The van der Waals surface area contributed by atoms with Gasteiger partial charge in [-0.05, 0) is 61.0 Å². The molecule has 4 aromatic rings. The van der Waals surface area contributed by atoms with Gasteiger partial charge in [-0.2, -0.15) is 5.10 Å². The van der Waals surface area contributed by atoms with E-state index >= 15 is 0 Å². The van der Waals surface area contributed by atoms with Crippen LogP contribution >= 0.6 is 0 Å². The summed E-state index contributed by atoms with van der Waals surface area (Å²) in [5.74, 6) is 2.89. The Labute approximate surface area is 251 Å². The van der Waals surface area contributed by atoms with E-state index in [0.717, 1.165) is 53.1 Å². The van der Waals surface area contributed by atoms with Gasteiger partial charge in [-0.1, -0.05) is 13.3 Å². The molecule has 1 aromatic heterocycles. The highest BCUT2D eigenvalue weighted by atomic mass is 16.5. The number of ether oxygens (including phenoxy) is 5. The van der Waals surface area contributed by atoms with Crippen LogP contribution < -0.4 is 23.7 Å². The minimum Gasteiger partial charge on any atom is -0.497 e. The summed E-state index contributed by atoms with van der Waals surface area (Å²) < 4.78 is 30.4. The number of carboxylic acid groups (broad SMARTS) is 1. The van der Waals surface area contributed by atoms with Crippen molar-refractivity contribution < 1.29 is 33.6 Å². The topological polar surface area (TPSA) is 101 Å². The largest absolute Gasteiger partial charge is 0.497 e. The molecule has 1 aliphatic rings. The molecule has 0 saturated carbocycles. The van der Waals surface area contributed by atoms with Crippen LogP contribution in [0.4, 0.5) is 0 Å². The molecular formula is C34H36N2O7. The molecule has 9 heteroatoms. The van der Waals surface area contributed by atoms with Crippen molar-refractivity contribution in [3.8, 4) is 45.8 Å². The first kappa shape index (κ1) is 29.6. The fraction of sp³-hybridized carbons (Fsp3) is 0.294. The Morgan fingerprint density at radius 1 is 0.977 bits per heavy atom. The highest BCUT2D eigenvalue weighted by molar-refractivity contribution is 5.94. The van der Waals surface area contributed by atoms with Gasteiger partial charge in [0.1, 0.15) is 34.5 Å². The highest BCUT2D eigenvalue weighted by Crippen LogP contribution is 2.40. The van der Waals surface area contributed by atoms with Gasteiger partial charge in [-0.25, -0.2) is 4.79 Å². The maximum atomic E-state index is 12.6. The Morgan fingerprint density at radius 2 is 1.72 bits per heavy atom. The van der Waals surface area contributed by atoms with E-state index in [1.807, 2.05) is 59.3 Å². The quantitative estimate of drug-likeness (QED) is 0.171. The fourth-order valence-electron chi connectivity index (χ4n) is 5.11. The van der Waals surface area contributed by atoms with E-state index in [-0.39, 0.29) is 12.0 Å². The number of nitrogens with zero attached hydrogens (tertiary/aromatic N) is 2. The Hall–Kier alpha value is -4.92. The molecule has 0 unspecified atom stereocenters. The number of fused-ring (bicyclic) bond motifs is 1. The van der Waals surface area contributed by atoms with E-state index in [1.165, 1.54) is 0 Å². The Morgan fingerprint density at radius 3 is 2.42 bits per heavy atom. The van der Waals surface area contributed by atoms with Crippen LogP contribution in [0, 0.1) is 0 Å². The summed E-state index contributed by atoms with van der Waals surface area (Å²) in [5, 5.41) is 15.0. The third-order valence-electron chi connectivity index (χ3n) is 7.40. The number of benzene rings is 3. The molecule has 0 fully saturated rings. The number of unbranched alkanes of at least 4 members (excludes halogenated alkanes) is 1. The first-order valence-corrected chi connectivity index (χ1v) is 14.3. The van der Waals surface area contributed by atoms with Crippen LogP contribution in [0.1, 0.15) is 36.5 Å². The Bertz CT molecular complexity index is 1620. The van der Waals surface area contributed by atoms with Crippen molar-refractivity contribution in [2.75, 3.05) is 27.9 Å². The van der Waals surface area contributed by atoms with E-state index < -0.39 is 5.97 Å². The lowest BCUT2D eigenvalue weighted by atomic mass is 9.98. The first-order valence-electron chi connectivity index (χ1n) is 14.3. The SMILES string of the molecule is CCCCn1ncc(C=C(Cc2cc3c(cc2OC)CCO3)C(=O)O)c1-c1ccc(OC)cc1Oc1ccc(OC)cc1. The lowest BCUT2D eigenvalue weighted by Gasteiger charge is -2.16. The average molecular weight is 585 g/mol. The number of carbonyl (C=O) groups is 1. The van der Waals surface area contributed by atoms with E-state index in [1.54, 1.807) is 33.6 Å². The van der Waals surface area contributed by atoms with Gasteiger partial charge in [0, 0.05) is 53.3 Å². The number of aliphatic carboxylic acids is 1. The zero-order valence-corrected chi connectivity index (χ0v) is 24.9. The van der Waals surface area contributed by atoms with E-state index in [0.29, 0.717) is 41.7 Å². The minimum absolute atomic E-state index is 0.145. The molecule has 0 saturated heterocycles. The van der Waals surface area contributed by atoms with Gasteiger partial charge in [0.25, 0.3) is 0 Å². The average Bonchev–Trinajstić information content (AvgIpc) is 3.65. The molecular weight excluding hydrogens is 548 g/mol. The van der Waals surface area contributed by atoms with Crippen molar-refractivity contribution in [3.05, 3.63) is 83.1 Å². The van der Waals surface area contributed by atoms with Crippen molar-refractivity contribution in [3.63, 3.8) is 0 Å². The van der Waals surface area contributed by atoms with Crippen LogP contribution in [0.3, 0.4) is 0 Å². The Kier molecular flexibility index (Phi) is 9.20. The second-order valence-corrected chi connectivity index (χ2v) is 10.2. The molecule has 0 amide bonds. The molecule has 3 aromatic carbocycles. The number of aromatic nitrogens is 2. The third-order valence-corrected chi connectivity index (χ3v) is 7.40. The van der Waals surface area contributed by atoms with Crippen molar-refractivity contribution in [2.24, 2.45) is 0 Å². The summed E-state index contributed by atoms with van der Waals surface area (Å²) in [7, 11) is 4.81. The number of hydrogen-bond acceptors (Lipinski definition) is 7. The van der Waals surface area contributed by atoms with Crippen molar-refractivity contribution >= 4 is 12.0 Å². The van der Waals surface area contributed by atoms with Crippen LogP contribution in [0.5, 0.6) is 34.5 Å². The zero-order valence-electron chi connectivity index (χ0n) is 24.9. The second kappa shape index (κ2) is 13.4. The van der Waals surface area contributed by atoms with Crippen LogP contribution in [0.25, 0.3) is 17.3 Å². The molecule has 0 radical (unpaired) electrons. The first-order chi connectivity index (χ1) is 20.9. The molecule has 1 N–H and O–H groups in total. The highest BCUT2D eigenvalue weighted by Gasteiger charge is 2.22. The summed E-state index contributed by atoms with van der Waals surface area (Å²) in [6, 6.07) is 16.7. The second-order valence-electron chi connectivity index (χ2n) is 10.2. The predicted octanol–water partition coefficient (Wildman–Crippen LogP) is 6.81. The lowest BCUT2D eigenvalue weighted by molar-refractivity contribution is -0.132. The van der Waals surface area contributed by atoms with E-state index in [9.17, 15) is 9.90 Å². The van der Waals surface area contributed by atoms with Crippen LogP contribution in [-0.2, 0) is 24.2 Å². The van der Waals surface area contributed by atoms with E-state index in [2.05, 4.69) is 12.0 Å². The molecule has 0 spiro atoms. The zero-order chi connectivity index (χ0) is 30.3. The van der Waals surface area contributed by atoms with Gasteiger partial charge < -0.3 is 28.8 Å². The van der Waals surface area contributed by atoms with Crippen LogP contribution in [0.2, 0.25) is 0 Å². The number of aryl methyl sites for hydroxylation is 1. The maximum Gasteiger partial charge on any atom is 0.331 e. The standard InChI is InChI=1S/C34H36N2O7/c1-5-6-14-36-33(29-12-11-28(40-3)20-32(29)43-27-9-7-26(39-2)8-10-27)25(21-35-36)17-24(34(37)38)16-23-19-31-22(13-15-42-31)18-30(23)41-4/h7-12,17-21H,5-6,13-16H2,1-4H3,(H,37,38). The monoisotopic (exact) mass is 584 g/mol. The third kappa shape index (κ3) is 6.61.